The van der Waals surface area contributed by atoms with Gasteiger partial charge in [0, 0.05) is 17.0 Å². The van der Waals surface area contributed by atoms with E-state index < -0.39 is 0 Å². The second-order valence-electron chi connectivity index (χ2n) is 9.50. The zero-order valence-corrected chi connectivity index (χ0v) is 23.7. The van der Waals surface area contributed by atoms with Gasteiger partial charge in [-0.05, 0) is 89.5 Å². The molecule has 0 aliphatic rings. The Kier molecular flexibility index (Phi) is 8.97. The van der Waals surface area contributed by atoms with E-state index in [1.165, 1.54) is 55.6 Å². The molecule has 0 unspecified atom stereocenters. The first kappa shape index (κ1) is 27.4. The maximum absolute atomic E-state index is 4.87. The van der Waals surface area contributed by atoms with Crippen molar-refractivity contribution in [1.29, 1.82) is 0 Å². The smallest absolute Gasteiger partial charge is 0.396 e. The lowest BCUT2D eigenvalue weighted by Gasteiger charge is -2.18. The summed E-state index contributed by atoms with van der Waals surface area (Å²) in [5, 5.41) is 0. The fourth-order valence-corrected chi connectivity index (χ4v) is 4.57. The molecule has 0 atom stereocenters. The van der Waals surface area contributed by atoms with Crippen molar-refractivity contribution < 1.29 is 4.74 Å². The molecule has 0 fully saturated rings. The number of rotatable bonds is 4. The van der Waals surface area contributed by atoms with E-state index >= 15 is 0 Å². The van der Waals surface area contributed by atoms with Gasteiger partial charge in [0.1, 0.15) is 0 Å². The van der Waals surface area contributed by atoms with E-state index in [0.29, 0.717) is 0 Å². The molecule has 5 aromatic rings. The van der Waals surface area contributed by atoms with Crippen LogP contribution in [0.4, 0.5) is 5.69 Å². The van der Waals surface area contributed by atoms with Crippen LogP contribution in [0.1, 0.15) is 30.5 Å². The molecule has 2 nitrogen and oxygen atoms in total. The Morgan fingerprint density at radius 1 is 0.462 bits per heavy atom. The minimum absolute atomic E-state index is 0.803. The molecular formula is C37H36NO+. The molecule has 5 rings (SSSR count). The largest absolute Gasteiger partial charge is 0.523 e. The highest BCUT2D eigenvalue weighted by Gasteiger charge is 2.17. The second kappa shape index (κ2) is 12.8. The van der Waals surface area contributed by atoms with Gasteiger partial charge >= 0.3 is 11.9 Å². The molecule has 0 saturated heterocycles. The normalized spacial score (nSPS) is 10.1. The Labute approximate surface area is 233 Å². The van der Waals surface area contributed by atoms with Gasteiger partial charge in [-0.1, -0.05) is 103 Å². The van der Waals surface area contributed by atoms with Crippen molar-refractivity contribution in [3.05, 3.63) is 131 Å². The van der Waals surface area contributed by atoms with Crippen LogP contribution in [0, 0.1) is 27.0 Å². The third-order valence-corrected chi connectivity index (χ3v) is 6.69. The summed E-state index contributed by atoms with van der Waals surface area (Å²) >= 11 is 0. The molecule has 0 spiro atoms. The molecule has 0 saturated carbocycles. The van der Waals surface area contributed by atoms with Gasteiger partial charge in [0.25, 0.3) is 0 Å². The SMILES string of the molecule is CC.COC#[N+]c1ccc(-c2cc(-c3ccc(C)cc3)c(-c3ccc(C)cc3)cc2-c2ccc(C)cc2)cc1. The maximum Gasteiger partial charge on any atom is 0.523 e. The van der Waals surface area contributed by atoms with Crippen molar-refractivity contribution in [2.75, 3.05) is 7.11 Å². The van der Waals surface area contributed by atoms with Crippen LogP contribution < -0.4 is 0 Å². The summed E-state index contributed by atoms with van der Waals surface area (Å²) in [5.74, 6) is 0. The van der Waals surface area contributed by atoms with E-state index in [4.69, 9.17) is 4.74 Å². The molecule has 2 heteroatoms. The van der Waals surface area contributed by atoms with Gasteiger partial charge in [-0.15, -0.1) is 0 Å². The summed E-state index contributed by atoms with van der Waals surface area (Å²) in [6.07, 6.45) is 2.56. The summed E-state index contributed by atoms with van der Waals surface area (Å²) < 4.78 is 4.87. The number of nitrogens with zero attached hydrogens (tertiary/aromatic N) is 1. The van der Waals surface area contributed by atoms with Gasteiger partial charge in [0.05, 0.1) is 7.11 Å². The number of benzene rings is 5. The molecule has 0 heterocycles. The highest BCUT2D eigenvalue weighted by atomic mass is 16.5. The topological polar surface area (TPSA) is 13.6 Å². The van der Waals surface area contributed by atoms with E-state index in [9.17, 15) is 0 Å². The summed E-state index contributed by atoms with van der Waals surface area (Å²) in [5.41, 5.74) is 14.1. The minimum atomic E-state index is 0.803. The molecule has 39 heavy (non-hydrogen) atoms. The molecular weight excluding hydrogens is 474 g/mol. The highest BCUT2D eigenvalue weighted by Crippen LogP contribution is 2.42. The maximum atomic E-state index is 4.87. The van der Waals surface area contributed by atoms with Crippen molar-refractivity contribution in [2.45, 2.75) is 34.6 Å². The zero-order chi connectivity index (χ0) is 27.8. The Morgan fingerprint density at radius 2 is 0.744 bits per heavy atom. The van der Waals surface area contributed by atoms with Gasteiger partial charge in [-0.3, -0.25) is 0 Å². The first-order valence-electron chi connectivity index (χ1n) is 13.5. The van der Waals surface area contributed by atoms with Gasteiger partial charge in [-0.25, -0.2) is 0 Å². The van der Waals surface area contributed by atoms with Crippen molar-refractivity contribution in [3.63, 3.8) is 0 Å². The minimum Gasteiger partial charge on any atom is -0.396 e. The monoisotopic (exact) mass is 510 g/mol. The fraction of sp³-hybridized carbons (Fsp3) is 0.162. The van der Waals surface area contributed by atoms with E-state index in [1.807, 2.05) is 26.0 Å². The molecule has 194 valence electrons. The van der Waals surface area contributed by atoms with Gasteiger partial charge in [-0.2, -0.15) is 0 Å². The van der Waals surface area contributed by atoms with Crippen LogP contribution in [0.5, 0.6) is 0 Å². The Morgan fingerprint density at radius 3 is 1.03 bits per heavy atom. The van der Waals surface area contributed by atoms with Crippen molar-refractivity contribution in [2.24, 2.45) is 0 Å². The molecule has 0 aliphatic heterocycles. The Bertz CT molecular complexity index is 1580. The predicted molar refractivity (Wildman–Crippen MR) is 168 cm³/mol. The number of hydrogen-bond acceptors (Lipinski definition) is 1. The number of hydrogen-bond donors (Lipinski definition) is 0. The van der Waals surface area contributed by atoms with Crippen LogP contribution in [-0.2, 0) is 4.74 Å². The van der Waals surface area contributed by atoms with Crippen molar-refractivity contribution >= 4 is 5.69 Å². The van der Waals surface area contributed by atoms with Crippen LogP contribution >= 0.6 is 0 Å². The van der Waals surface area contributed by atoms with E-state index in [-0.39, 0.29) is 0 Å². The zero-order valence-electron chi connectivity index (χ0n) is 23.7. The van der Waals surface area contributed by atoms with Crippen LogP contribution in [-0.4, -0.2) is 7.11 Å². The molecule has 0 N–H and O–H groups in total. The Balaban J connectivity index is 0.00000172. The highest BCUT2D eigenvalue weighted by molar-refractivity contribution is 5.95. The first-order chi connectivity index (χ1) is 19.0. The van der Waals surface area contributed by atoms with E-state index in [0.717, 1.165) is 11.3 Å². The second-order valence-corrected chi connectivity index (χ2v) is 9.50. The lowest BCUT2D eigenvalue weighted by atomic mass is 9.85. The third-order valence-electron chi connectivity index (χ3n) is 6.69. The number of ether oxygens (including phenoxy) is 1. The molecule has 0 amide bonds. The van der Waals surface area contributed by atoms with Gasteiger partial charge in [0.2, 0.25) is 0 Å². The molecule has 0 aromatic heterocycles. The lowest BCUT2D eigenvalue weighted by Crippen LogP contribution is -1.93. The number of aryl methyl sites for hydroxylation is 3. The lowest BCUT2D eigenvalue weighted by molar-refractivity contribution is 0.371. The summed E-state index contributed by atoms with van der Waals surface area (Å²) in [6.45, 7) is 10.4. The number of methoxy groups -OCH3 is 1. The Hall–Kier alpha value is -4.61. The third kappa shape index (κ3) is 6.46. The van der Waals surface area contributed by atoms with E-state index in [2.05, 4.69) is 129 Å². The standard InChI is InChI=1S/C35H30NO.C2H6/c1-24-5-11-27(12-6-24)32-21-34(29-15-9-26(3)10-16-29)35(22-33(32)28-13-7-25(2)8-14-28)30-17-19-31(20-18-30)36-23-37-4;1-2/h5-22H,1-4H3;1-2H3/q+1;. The predicted octanol–water partition coefficient (Wildman–Crippen LogP) is 10.9. The van der Waals surface area contributed by atoms with Crippen molar-refractivity contribution in [1.82, 2.24) is 0 Å². The van der Waals surface area contributed by atoms with Crippen LogP contribution in [0.2, 0.25) is 0 Å². The first-order valence-corrected chi connectivity index (χ1v) is 13.5. The van der Waals surface area contributed by atoms with E-state index in [1.54, 1.807) is 7.11 Å². The summed E-state index contributed by atoms with van der Waals surface area (Å²) in [6, 6.07) is 39.3. The average molecular weight is 511 g/mol. The van der Waals surface area contributed by atoms with Crippen LogP contribution in [0.25, 0.3) is 49.4 Å². The fourth-order valence-electron chi connectivity index (χ4n) is 4.57. The summed E-state index contributed by atoms with van der Waals surface area (Å²) in [4.78, 5) is 4.21. The molecule has 5 aromatic carbocycles. The quantitative estimate of drug-likeness (QED) is 0.219. The summed E-state index contributed by atoms with van der Waals surface area (Å²) in [7, 11) is 1.55. The van der Waals surface area contributed by atoms with Crippen LogP contribution in [0.3, 0.4) is 0 Å². The molecule has 0 radical (unpaired) electrons. The average Bonchev–Trinajstić information content (AvgIpc) is 2.98. The van der Waals surface area contributed by atoms with Crippen molar-refractivity contribution in [3.8, 4) is 50.8 Å². The molecule has 0 aliphatic carbocycles. The molecule has 0 bridgehead atoms. The van der Waals surface area contributed by atoms with Gasteiger partial charge < -0.3 is 4.74 Å². The van der Waals surface area contributed by atoms with Gasteiger partial charge in [0.15, 0.2) is 0 Å². The van der Waals surface area contributed by atoms with Crippen LogP contribution in [0.15, 0.2) is 109 Å².